The van der Waals surface area contributed by atoms with E-state index >= 15 is 0 Å². The number of carbonyl (C=O) groups is 2. The Morgan fingerprint density at radius 3 is 2.42 bits per heavy atom. The first-order valence-corrected chi connectivity index (χ1v) is 7.73. The lowest BCUT2D eigenvalue weighted by atomic mass is 10.0. The zero-order valence-corrected chi connectivity index (χ0v) is 13.8. The van der Waals surface area contributed by atoms with Crippen LogP contribution in [0.4, 0.5) is 4.39 Å². The molecule has 0 saturated carbocycles. The molecule has 2 amide bonds. The molecule has 0 bridgehead atoms. The van der Waals surface area contributed by atoms with E-state index in [9.17, 15) is 14.0 Å². The monoisotopic (exact) mass is 328 g/mol. The highest BCUT2D eigenvalue weighted by atomic mass is 19.1. The standard InChI is InChI=1S/C19H21FN2O2/c1-13-8-15(11-16(20)9-13)19(24)22(2)17(12-18(21)23)10-14-6-4-3-5-7-14/h3-9,11,17H,10,12H2,1-2H3,(H2,21,23). The van der Waals surface area contributed by atoms with Crippen molar-refractivity contribution in [3.8, 4) is 0 Å². The molecule has 2 aromatic carbocycles. The normalized spacial score (nSPS) is 11.8. The van der Waals surface area contributed by atoms with Crippen molar-refractivity contribution >= 4 is 11.8 Å². The van der Waals surface area contributed by atoms with Crippen LogP contribution in [0, 0.1) is 12.7 Å². The Labute approximate surface area is 141 Å². The van der Waals surface area contributed by atoms with Gasteiger partial charge in [-0.15, -0.1) is 0 Å². The summed E-state index contributed by atoms with van der Waals surface area (Å²) in [6, 6.07) is 13.4. The lowest BCUT2D eigenvalue weighted by Gasteiger charge is -2.28. The number of nitrogens with two attached hydrogens (primary N) is 1. The van der Waals surface area contributed by atoms with E-state index in [1.807, 2.05) is 30.3 Å². The third kappa shape index (κ3) is 4.65. The average Bonchev–Trinajstić information content (AvgIpc) is 2.52. The summed E-state index contributed by atoms with van der Waals surface area (Å²) in [7, 11) is 1.61. The third-order valence-corrected chi connectivity index (χ3v) is 3.91. The van der Waals surface area contributed by atoms with Gasteiger partial charge in [-0.1, -0.05) is 30.3 Å². The Hall–Kier alpha value is -2.69. The molecule has 2 N–H and O–H groups in total. The molecule has 0 aliphatic carbocycles. The number of rotatable bonds is 6. The van der Waals surface area contributed by atoms with Gasteiger partial charge in [-0.05, 0) is 42.7 Å². The number of hydrogen-bond acceptors (Lipinski definition) is 2. The van der Waals surface area contributed by atoms with Crippen LogP contribution in [0.25, 0.3) is 0 Å². The average molecular weight is 328 g/mol. The van der Waals surface area contributed by atoms with Crippen molar-refractivity contribution in [3.05, 3.63) is 71.0 Å². The zero-order chi connectivity index (χ0) is 17.7. The van der Waals surface area contributed by atoms with Crippen LogP contribution in [0.15, 0.2) is 48.5 Å². The molecule has 5 heteroatoms. The first kappa shape index (κ1) is 17.7. The molecule has 0 fully saturated rings. The summed E-state index contributed by atoms with van der Waals surface area (Å²) in [5.74, 6) is -1.27. The van der Waals surface area contributed by atoms with Crippen LogP contribution >= 0.6 is 0 Å². The molecule has 0 radical (unpaired) electrons. The molecule has 0 heterocycles. The Kier molecular flexibility index (Phi) is 5.68. The van der Waals surface area contributed by atoms with Crippen LogP contribution in [0.2, 0.25) is 0 Å². The van der Waals surface area contributed by atoms with Gasteiger partial charge in [-0.3, -0.25) is 9.59 Å². The van der Waals surface area contributed by atoms with Crippen LogP contribution in [0.5, 0.6) is 0 Å². The van der Waals surface area contributed by atoms with E-state index in [1.165, 1.54) is 17.0 Å². The summed E-state index contributed by atoms with van der Waals surface area (Å²) in [6.45, 7) is 1.73. The van der Waals surface area contributed by atoms with Crippen LogP contribution in [0.1, 0.15) is 27.9 Å². The molecule has 0 spiro atoms. The SMILES string of the molecule is Cc1cc(F)cc(C(=O)N(C)C(CC(N)=O)Cc2ccccc2)c1. The summed E-state index contributed by atoms with van der Waals surface area (Å²) in [6.07, 6.45) is 0.547. The zero-order valence-electron chi connectivity index (χ0n) is 13.8. The Morgan fingerprint density at radius 2 is 1.83 bits per heavy atom. The predicted molar refractivity (Wildman–Crippen MR) is 91.0 cm³/mol. The lowest BCUT2D eigenvalue weighted by molar-refractivity contribution is -0.118. The maximum Gasteiger partial charge on any atom is 0.253 e. The van der Waals surface area contributed by atoms with Crippen molar-refractivity contribution in [1.29, 1.82) is 0 Å². The van der Waals surface area contributed by atoms with Gasteiger partial charge in [0.05, 0.1) is 0 Å². The number of hydrogen-bond donors (Lipinski definition) is 1. The minimum atomic E-state index is -0.481. The molecule has 4 nitrogen and oxygen atoms in total. The molecule has 1 unspecified atom stereocenters. The van der Waals surface area contributed by atoms with Crippen LogP contribution in [0.3, 0.4) is 0 Å². The van der Waals surface area contributed by atoms with Gasteiger partial charge in [0, 0.05) is 25.1 Å². The molecular formula is C19H21FN2O2. The molecule has 24 heavy (non-hydrogen) atoms. The highest BCUT2D eigenvalue weighted by Crippen LogP contribution is 2.16. The first-order chi connectivity index (χ1) is 11.4. The van der Waals surface area contributed by atoms with Crippen molar-refractivity contribution < 1.29 is 14.0 Å². The van der Waals surface area contributed by atoms with E-state index in [2.05, 4.69) is 0 Å². The minimum Gasteiger partial charge on any atom is -0.370 e. The van der Waals surface area contributed by atoms with Crippen LogP contribution in [-0.4, -0.2) is 29.8 Å². The molecule has 0 saturated heterocycles. The minimum absolute atomic E-state index is 0.0471. The summed E-state index contributed by atoms with van der Waals surface area (Å²) < 4.78 is 13.6. The third-order valence-electron chi connectivity index (χ3n) is 3.91. The fourth-order valence-corrected chi connectivity index (χ4v) is 2.69. The second kappa shape index (κ2) is 7.73. The van der Waals surface area contributed by atoms with E-state index in [-0.39, 0.29) is 23.9 Å². The Balaban J connectivity index is 2.24. The summed E-state index contributed by atoms with van der Waals surface area (Å²) >= 11 is 0. The predicted octanol–water partition coefficient (Wildman–Crippen LogP) is 2.69. The van der Waals surface area contributed by atoms with Crippen molar-refractivity contribution in [2.45, 2.75) is 25.8 Å². The van der Waals surface area contributed by atoms with Gasteiger partial charge in [0.2, 0.25) is 5.91 Å². The fraction of sp³-hybridized carbons (Fsp3) is 0.263. The van der Waals surface area contributed by atoms with Crippen molar-refractivity contribution in [1.82, 2.24) is 4.90 Å². The summed E-state index contributed by atoms with van der Waals surface area (Å²) in [4.78, 5) is 25.5. The second-order valence-electron chi connectivity index (χ2n) is 5.95. The molecule has 2 rings (SSSR count). The number of benzene rings is 2. The van der Waals surface area contributed by atoms with Gasteiger partial charge in [0.1, 0.15) is 5.82 Å². The number of amides is 2. The van der Waals surface area contributed by atoms with Crippen molar-refractivity contribution in [2.24, 2.45) is 5.73 Å². The van der Waals surface area contributed by atoms with E-state index in [0.717, 1.165) is 5.56 Å². The van der Waals surface area contributed by atoms with Gasteiger partial charge in [0.25, 0.3) is 5.91 Å². The number of halogens is 1. The van der Waals surface area contributed by atoms with Crippen LogP contribution < -0.4 is 5.73 Å². The summed E-state index contributed by atoms with van der Waals surface area (Å²) in [5, 5.41) is 0. The van der Waals surface area contributed by atoms with Gasteiger partial charge < -0.3 is 10.6 Å². The maximum atomic E-state index is 13.6. The smallest absolute Gasteiger partial charge is 0.253 e. The highest BCUT2D eigenvalue weighted by molar-refractivity contribution is 5.94. The van der Waals surface area contributed by atoms with Gasteiger partial charge in [-0.2, -0.15) is 0 Å². The lowest BCUT2D eigenvalue weighted by Crippen LogP contribution is -2.41. The number of carbonyl (C=O) groups excluding carboxylic acids is 2. The molecule has 0 aromatic heterocycles. The van der Waals surface area contributed by atoms with E-state index in [1.54, 1.807) is 20.0 Å². The number of aryl methyl sites for hydroxylation is 1. The molecule has 1 atom stereocenters. The van der Waals surface area contributed by atoms with Gasteiger partial charge in [-0.25, -0.2) is 4.39 Å². The van der Waals surface area contributed by atoms with Crippen molar-refractivity contribution in [2.75, 3.05) is 7.05 Å². The Bertz CT molecular complexity index is 711. The number of nitrogens with zero attached hydrogens (tertiary/aromatic N) is 1. The topological polar surface area (TPSA) is 63.4 Å². The van der Waals surface area contributed by atoms with Gasteiger partial charge in [0.15, 0.2) is 0 Å². The molecular weight excluding hydrogens is 307 g/mol. The molecule has 126 valence electrons. The maximum absolute atomic E-state index is 13.6. The van der Waals surface area contributed by atoms with E-state index in [0.29, 0.717) is 12.0 Å². The second-order valence-corrected chi connectivity index (χ2v) is 5.95. The quantitative estimate of drug-likeness (QED) is 0.886. The fourth-order valence-electron chi connectivity index (χ4n) is 2.69. The molecule has 0 aliphatic heterocycles. The Morgan fingerprint density at radius 1 is 1.17 bits per heavy atom. The number of likely N-dealkylation sites (N-methyl/N-ethyl adjacent to an activating group) is 1. The van der Waals surface area contributed by atoms with Gasteiger partial charge >= 0.3 is 0 Å². The largest absolute Gasteiger partial charge is 0.370 e. The molecule has 0 aliphatic rings. The highest BCUT2D eigenvalue weighted by Gasteiger charge is 2.23. The van der Waals surface area contributed by atoms with E-state index in [4.69, 9.17) is 5.73 Å². The summed E-state index contributed by atoms with van der Waals surface area (Å²) in [5.41, 5.74) is 7.26. The van der Waals surface area contributed by atoms with Crippen LogP contribution in [-0.2, 0) is 11.2 Å². The first-order valence-electron chi connectivity index (χ1n) is 7.73. The number of primary amides is 1. The molecule has 2 aromatic rings. The van der Waals surface area contributed by atoms with Crippen molar-refractivity contribution in [3.63, 3.8) is 0 Å². The van der Waals surface area contributed by atoms with E-state index < -0.39 is 11.7 Å².